The van der Waals surface area contributed by atoms with Crippen LogP contribution in [0.5, 0.6) is 5.75 Å². The normalized spacial score (nSPS) is 12.2. The zero-order chi connectivity index (χ0) is 13.0. The molecule has 0 aliphatic carbocycles. The van der Waals surface area contributed by atoms with E-state index in [4.69, 9.17) is 22.2 Å². The van der Waals surface area contributed by atoms with Gasteiger partial charge in [-0.15, -0.1) is 0 Å². The fourth-order valence-electron chi connectivity index (χ4n) is 1.93. The molecule has 0 amide bonds. The Hall–Kier alpha value is -1.55. The number of rotatable bonds is 4. The predicted molar refractivity (Wildman–Crippen MR) is 73.6 cm³/mol. The van der Waals surface area contributed by atoms with Crippen LogP contribution in [0.25, 0.3) is 0 Å². The molecule has 0 saturated heterocycles. The molecule has 0 saturated carbocycles. The van der Waals surface area contributed by atoms with Crippen molar-refractivity contribution in [3.8, 4) is 5.75 Å². The number of nitrogens with one attached hydrogen (secondary N) is 1. The van der Waals surface area contributed by atoms with Crippen molar-refractivity contribution >= 4 is 11.6 Å². The fraction of sp³-hybridized carbons (Fsp3) is 0.143. The summed E-state index contributed by atoms with van der Waals surface area (Å²) >= 11 is 5.96. The summed E-state index contributed by atoms with van der Waals surface area (Å²) in [6, 6.07) is 15.3. The van der Waals surface area contributed by atoms with Crippen LogP contribution in [0.1, 0.15) is 17.2 Å². The summed E-state index contributed by atoms with van der Waals surface area (Å²) < 4.78 is 5.35. The highest BCUT2D eigenvalue weighted by atomic mass is 35.5. The molecule has 2 rings (SSSR count). The topological polar surface area (TPSA) is 47.3 Å². The van der Waals surface area contributed by atoms with Crippen molar-refractivity contribution in [2.24, 2.45) is 5.84 Å². The molecule has 0 aliphatic rings. The Morgan fingerprint density at radius 3 is 2.50 bits per heavy atom. The lowest BCUT2D eigenvalue weighted by Crippen LogP contribution is -2.29. The molecule has 3 N–H and O–H groups in total. The van der Waals surface area contributed by atoms with Gasteiger partial charge in [-0.1, -0.05) is 48.0 Å². The molecule has 4 heteroatoms. The average molecular weight is 263 g/mol. The van der Waals surface area contributed by atoms with E-state index in [0.29, 0.717) is 10.8 Å². The second kappa shape index (κ2) is 5.87. The Balaban J connectivity index is 2.45. The minimum atomic E-state index is -0.126. The SMILES string of the molecule is COc1cc(Cl)ccc1C(NN)c1ccccc1. The standard InChI is InChI=1S/C14H15ClN2O/c1-18-13-9-11(15)7-8-12(13)14(17-16)10-5-3-2-4-6-10/h2-9,14,17H,16H2,1H3. The summed E-state index contributed by atoms with van der Waals surface area (Å²) in [7, 11) is 1.62. The summed E-state index contributed by atoms with van der Waals surface area (Å²) in [5.41, 5.74) is 4.83. The lowest BCUT2D eigenvalue weighted by Gasteiger charge is -2.19. The maximum absolute atomic E-state index is 5.96. The quantitative estimate of drug-likeness (QED) is 0.658. The summed E-state index contributed by atoms with van der Waals surface area (Å²) in [6.07, 6.45) is 0. The molecular formula is C14H15ClN2O. The van der Waals surface area contributed by atoms with Gasteiger partial charge in [0.15, 0.2) is 0 Å². The molecule has 3 nitrogen and oxygen atoms in total. The van der Waals surface area contributed by atoms with Gasteiger partial charge in [-0.3, -0.25) is 5.84 Å². The molecule has 0 fully saturated rings. The molecule has 0 bridgehead atoms. The summed E-state index contributed by atoms with van der Waals surface area (Å²) in [5, 5.41) is 0.638. The van der Waals surface area contributed by atoms with E-state index in [1.807, 2.05) is 42.5 Å². The third-order valence-corrected chi connectivity index (χ3v) is 3.04. The number of benzene rings is 2. The average Bonchev–Trinajstić information content (AvgIpc) is 2.42. The van der Waals surface area contributed by atoms with E-state index in [1.165, 1.54) is 0 Å². The molecule has 0 aromatic heterocycles. The smallest absolute Gasteiger partial charge is 0.125 e. The van der Waals surface area contributed by atoms with Crippen LogP contribution >= 0.6 is 11.6 Å². The van der Waals surface area contributed by atoms with Crippen molar-refractivity contribution in [3.63, 3.8) is 0 Å². The molecular weight excluding hydrogens is 248 g/mol. The van der Waals surface area contributed by atoms with Crippen LogP contribution in [0.15, 0.2) is 48.5 Å². The van der Waals surface area contributed by atoms with Gasteiger partial charge in [0, 0.05) is 10.6 Å². The minimum absolute atomic E-state index is 0.126. The number of methoxy groups -OCH3 is 1. The molecule has 0 heterocycles. The van der Waals surface area contributed by atoms with Gasteiger partial charge in [0.25, 0.3) is 0 Å². The fourth-order valence-corrected chi connectivity index (χ4v) is 2.10. The van der Waals surface area contributed by atoms with E-state index in [2.05, 4.69) is 5.43 Å². The first-order chi connectivity index (χ1) is 8.76. The summed E-state index contributed by atoms with van der Waals surface area (Å²) in [6.45, 7) is 0. The largest absolute Gasteiger partial charge is 0.496 e. The Labute approximate surface area is 111 Å². The Kier molecular flexibility index (Phi) is 4.20. The van der Waals surface area contributed by atoms with Gasteiger partial charge >= 0.3 is 0 Å². The number of hydrazine groups is 1. The van der Waals surface area contributed by atoms with Gasteiger partial charge in [0.1, 0.15) is 5.75 Å². The Morgan fingerprint density at radius 1 is 1.17 bits per heavy atom. The molecule has 18 heavy (non-hydrogen) atoms. The Bertz CT molecular complexity index is 516. The lowest BCUT2D eigenvalue weighted by molar-refractivity contribution is 0.404. The van der Waals surface area contributed by atoms with Crippen LogP contribution in [0.2, 0.25) is 5.02 Å². The van der Waals surface area contributed by atoms with E-state index >= 15 is 0 Å². The molecule has 0 aliphatic heterocycles. The monoisotopic (exact) mass is 262 g/mol. The van der Waals surface area contributed by atoms with Crippen LogP contribution in [0.3, 0.4) is 0 Å². The van der Waals surface area contributed by atoms with Crippen molar-refractivity contribution in [1.82, 2.24) is 5.43 Å². The first-order valence-electron chi connectivity index (χ1n) is 5.60. The van der Waals surface area contributed by atoms with E-state index in [1.54, 1.807) is 13.2 Å². The molecule has 1 atom stereocenters. The van der Waals surface area contributed by atoms with Crippen LogP contribution in [0.4, 0.5) is 0 Å². The van der Waals surface area contributed by atoms with Gasteiger partial charge in [0.05, 0.1) is 13.2 Å². The maximum atomic E-state index is 5.96. The number of hydrogen-bond donors (Lipinski definition) is 2. The first-order valence-corrected chi connectivity index (χ1v) is 5.98. The zero-order valence-corrected chi connectivity index (χ0v) is 10.8. The lowest BCUT2D eigenvalue weighted by atomic mass is 9.98. The molecule has 0 radical (unpaired) electrons. The molecule has 1 unspecified atom stereocenters. The molecule has 0 spiro atoms. The number of hydrogen-bond acceptors (Lipinski definition) is 3. The van der Waals surface area contributed by atoms with Crippen molar-refractivity contribution in [2.45, 2.75) is 6.04 Å². The van der Waals surface area contributed by atoms with E-state index < -0.39 is 0 Å². The second-order valence-electron chi connectivity index (χ2n) is 3.90. The van der Waals surface area contributed by atoms with Crippen molar-refractivity contribution in [1.29, 1.82) is 0 Å². The predicted octanol–water partition coefficient (Wildman–Crippen LogP) is 2.90. The number of nitrogens with two attached hydrogens (primary N) is 1. The number of ether oxygens (including phenoxy) is 1. The van der Waals surface area contributed by atoms with Crippen molar-refractivity contribution < 1.29 is 4.74 Å². The Morgan fingerprint density at radius 2 is 1.89 bits per heavy atom. The highest BCUT2D eigenvalue weighted by Gasteiger charge is 2.16. The van der Waals surface area contributed by atoms with Crippen LogP contribution in [-0.4, -0.2) is 7.11 Å². The van der Waals surface area contributed by atoms with Gasteiger partial charge < -0.3 is 4.74 Å². The van der Waals surface area contributed by atoms with Crippen molar-refractivity contribution in [2.75, 3.05) is 7.11 Å². The van der Waals surface area contributed by atoms with E-state index in [-0.39, 0.29) is 6.04 Å². The van der Waals surface area contributed by atoms with Crippen LogP contribution in [0, 0.1) is 0 Å². The van der Waals surface area contributed by atoms with E-state index in [9.17, 15) is 0 Å². The molecule has 2 aromatic rings. The highest BCUT2D eigenvalue weighted by Crippen LogP contribution is 2.31. The van der Waals surface area contributed by atoms with Gasteiger partial charge in [0.2, 0.25) is 0 Å². The highest BCUT2D eigenvalue weighted by molar-refractivity contribution is 6.30. The zero-order valence-electron chi connectivity index (χ0n) is 10.1. The molecule has 2 aromatic carbocycles. The first kappa shape index (κ1) is 12.9. The maximum Gasteiger partial charge on any atom is 0.125 e. The van der Waals surface area contributed by atoms with Crippen LogP contribution in [-0.2, 0) is 0 Å². The van der Waals surface area contributed by atoms with Crippen molar-refractivity contribution in [3.05, 3.63) is 64.7 Å². The minimum Gasteiger partial charge on any atom is -0.496 e. The van der Waals surface area contributed by atoms with Gasteiger partial charge in [-0.2, -0.15) is 0 Å². The van der Waals surface area contributed by atoms with Crippen LogP contribution < -0.4 is 16.0 Å². The third-order valence-electron chi connectivity index (χ3n) is 2.81. The van der Waals surface area contributed by atoms with Gasteiger partial charge in [-0.25, -0.2) is 5.43 Å². The van der Waals surface area contributed by atoms with E-state index in [0.717, 1.165) is 11.1 Å². The number of halogens is 1. The molecule has 94 valence electrons. The summed E-state index contributed by atoms with van der Waals surface area (Å²) in [5.74, 6) is 6.38. The second-order valence-corrected chi connectivity index (χ2v) is 4.33. The van der Waals surface area contributed by atoms with Gasteiger partial charge in [-0.05, 0) is 17.7 Å². The summed E-state index contributed by atoms with van der Waals surface area (Å²) in [4.78, 5) is 0. The third kappa shape index (κ3) is 2.64.